The Bertz CT molecular complexity index is 855. The van der Waals surface area contributed by atoms with E-state index in [0.717, 1.165) is 22.6 Å². The van der Waals surface area contributed by atoms with Crippen molar-refractivity contribution in [3.05, 3.63) is 91.3 Å². The Hall–Kier alpha value is -3.38. The number of hydrogen-bond donors (Lipinski definition) is 1. The van der Waals surface area contributed by atoms with Crippen LogP contribution in [-0.4, -0.2) is 43.7 Å². The summed E-state index contributed by atoms with van der Waals surface area (Å²) in [5.74, 6) is -0.104. The molecule has 0 heterocycles. The number of amides is 2. The van der Waals surface area contributed by atoms with Crippen molar-refractivity contribution >= 4 is 17.4 Å². The molecule has 2 amide bonds. The highest BCUT2D eigenvalue weighted by Gasteiger charge is 2.24. The molecule has 0 bridgehead atoms. The summed E-state index contributed by atoms with van der Waals surface area (Å²) in [5, 5.41) is 3.86. The number of rotatable bonds is 13. The molecule has 0 aliphatic carbocycles. The third kappa shape index (κ3) is 8.10. The minimum atomic E-state index is -0.786. The molecular formula is C25H32N2O4. The average molecular weight is 425 g/mol. The van der Waals surface area contributed by atoms with E-state index >= 15 is 0 Å². The van der Waals surface area contributed by atoms with Gasteiger partial charge in [0.15, 0.2) is 0 Å². The smallest absolute Gasteiger partial charge is 0.268 e. The van der Waals surface area contributed by atoms with E-state index in [1.807, 2.05) is 25.1 Å². The van der Waals surface area contributed by atoms with Crippen LogP contribution in [0.4, 0.5) is 0 Å². The summed E-state index contributed by atoms with van der Waals surface area (Å²) in [5.41, 5.74) is 2.01. The molecule has 1 aromatic rings. The van der Waals surface area contributed by atoms with Gasteiger partial charge in [0.2, 0.25) is 0 Å². The standard InChI is InChI=1S/C25H32N2O4/c1-7-10-17-31-20(13-8-2)18-19(4)21-15-11-12-16-22(21)24(28)26-23(14-9-3)25(29)27(5)30-6/h7-9,11-13,15-16,18,23H,1-3,10,14,17H2,4-6H3,(H,26,28)/b19-18+,20-13+. The molecule has 6 nitrogen and oxygen atoms in total. The summed E-state index contributed by atoms with van der Waals surface area (Å²) in [6.45, 7) is 13.5. The quantitative estimate of drug-likeness (QED) is 0.167. The van der Waals surface area contributed by atoms with Crippen molar-refractivity contribution in [1.29, 1.82) is 0 Å². The lowest BCUT2D eigenvalue weighted by Gasteiger charge is -2.22. The maximum Gasteiger partial charge on any atom is 0.268 e. The van der Waals surface area contributed by atoms with Gasteiger partial charge in [-0.3, -0.25) is 14.4 Å². The molecule has 0 aliphatic rings. The van der Waals surface area contributed by atoms with E-state index in [0.29, 0.717) is 17.9 Å². The fourth-order valence-corrected chi connectivity index (χ4v) is 2.76. The zero-order chi connectivity index (χ0) is 23.2. The van der Waals surface area contributed by atoms with Crippen LogP contribution < -0.4 is 5.32 Å². The highest BCUT2D eigenvalue weighted by molar-refractivity contribution is 6.01. The molecule has 0 saturated carbocycles. The minimum absolute atomic E-state index is 0.276. The van der Waals surface area contributed by atoms with Crippen LogP contribution in [0.1, 0.15) is 35.7 Å². The molecule has 1 rings (SSSR count). The van der Waals surface area contributed by atoms with E-state index in [2.05, 4.69) is 25.1 Å². The fourth-order valence-electron chi connectivity index (χ4n) is 2.76. The van der Waals surface area contributed by atoms with Gasteiger partial charge in [0, 0.05) is 12.6 Å². The van der Waals surface area contributed by atoms with Gasteiger partial charge in [0.05, 0.1) is 13.7 Å². The molecule has 0 aliphatic heterocycles. The van der Waals surface area contributed by atoms with Crippen LogP contribution in [0.15, 0.2) is 80.1 Å². The summed E-state index contributed by atoms with van der Waals surface area (Å²) in [6.07, 6.45) is 9.60. The van der Waals surface area contributed by atoms with Gasteiger partial charge in [0.25, 0.3) is 11.8 Å². The van der Waals surface area contributed by atoms with Gasteiger partial charge >= 0.3 is 0 Å². The van der Waals surface area contributed by atoms with Gasteiger partial charge in [-0.2, -0.15) is 0 Å². The second-order valence-corrected chi connectivity index (χ2v) is 6.67. The van der Waals surface area contributed by atoms with E-state index in [1.165, 1.54) is 14.2 Å². The molecule has 0 fully saturated rings. The largest absolute Gasteiger partial charge is 0.493 e. The number of carbonyl (C=O) groups is 2. The number of hydroxylamine groups is 2. The lowest BCUT2D eigenvalue weighted by molar-refractivity contribution is -0.170. The van der Waals surface area contributed by atoms with Crippen LogP contribution in [0, 0.1) is 0 Å². The third-order valence-corrected chi connectivity index (χ3v) is 4.42. The van der Waals surface area contributed by atoms with Crippen LogP contribution in [0.2, 0.25) is 0 Å². The maximum absolute atomic E-state index is 13.0. The Labute approximate surface area is 185 Å². The Morgan fingerprint density at radius 3 is 2.42 bits per heavy atom. The topological polar surface area (TPSA) is 67.9 Å². The number of nitrogens with zero attached hydrogens (tertiary/aromatic N) is 1. The fraction of sp³-hybridized carbons (Fsp3) is 0.280. The van der Waals surface area contributed by atoms with Crippen molar-refractivity contribution in [3.63, 3.8) is 0 Å². The molecule has 1 unspecified atom stereocenters. The SMILES string of the molecule is C=C/C=C(\C=C(/C)c1ccccc1C(=O)NC(CC=C)C(=O)N(C)OC)OCCC=C. The first-order chi connectivity index (χ1) is 14.9. The third-order valence-electron chi connectivity index (χ3n) is 4.42. The van der Waals surface area contributed by atoms with Crippen molar-refractivity contribution in [2.75, 3.05) is 20.8 Å². The highest BCUT2D eigenvalue weighted by atomic mass is 16.7. The van der Waals surface area contributed by atoms with E-state index in [-0.39, 0.29) is 18.2 Å². The molecule has 0 spiro atoms. The van der Waals surface area contributed by atoms with Crippen molar-refractivity contribution in [2.24, 2.45) is 0 Å². The second kappa shape index (κ2) is 13.8. The molecule has 166 valence electrons. The first-order valence-electron chi connectivity index (χ1n) is 9.97. The van der Waals surface area contributed by atoms with Gasteiger partial charge in [-0.05, 0) is 49.1 Å². The zero-order valence-electron chi connectivity index (χ0n) is 18.6. The number of hydrogen-bond acceptors (Lipinski definition) is 4. The molecular weight excluding hydrogens is 392 g/mol. The van der Waals surface area contributed by atoms with E-state index in [9.17, 15) is 9.59 Å². The molecule has 0 aromatic heterocycles. The summed E-state index contributed by atoms with van der Waals surface area (Å²) in [4.78, 5) is 30.5. The van der Waals surface area contributed by atoms with Crippen LogP contribution >= 0.6 is 0 Å². The van der Waals surface area contributed by atoms with E-state index in [4.69, 9.17) is 9.57 Å². The van der Waals surface area contributed by atoms with Crippen molar-refractivity contribution < 1.29 is 19.2 Å². The summed E-state index contributed by atoms with van der Waals surface area (Å²) in [7, 11) is 2.88. The molecule has 0 radical (unpaired) electrons. The van der Waals surface area contributed by atoms with E-state index < -0.39 is 6.04 Å². The van der Waals surface area contributed by atoms with Crippen LogP contribution in [0.3, 0.4) is 0 Å². The summed E-state index contributed by atoms with van der Waals surface area (Å²) >= 11 is 0. The Kier molecular flexibility index (Phi) is 11.4. The molecule has 1 aromatic carbocycles. The number of allylic oxidation sites excluding steroid dienone is 4. The summed E-state index contributed by atoms with van der Waals surface area (Å²) < 4.78 is 5.75. The Morgan fingerprint density at radius 2 is 1.84 bits per heavy atom. The highest BCUT2D eigenvalue weighted by Crippen LogP contribution is 2.21. The predicted octanol–water partition coefficient (Wildman–Crippen LogP) is 4.45. The monoisotopic (exact) mass is 424 g/mol. The average Bonchev–Trinajstić information content (AvgIpc) is 2.77. The zero-order valence-corrected chi connectivity index (χ0v) is 18.6. The molecule has 0 saturated heterocycles. The van der Waals surface area contributed by atoms with Gasteiger partial charge in [-0.1, -0.05) is 43.0 Å². The lowest BCUT2D eigenvalue weighted by atomic mass is 9.99. The maximum atomic E-state index is 13.0. The predicted molar refractivity (Wildman–Crippen MR) is 125 cm³/mol. The minimum Gasteiger partial charge on any atom is -0.493 e. The van der Waals surface area contributed by atoms with Gasteiger partial charge < -0.3 is 10.1 Å². The van der Waals surface area contributed by atoms with Crippen molar-refractivity contribution in [3.8, 4) is 0 Å². The Balaban J connectivity index is 3.18. The molecule has 1 atom stereocenters. The first-order valence-corrected chi connectivity index (χ1v) is 9.97. The van der Waals surface area contributed by atoms with Gasteiger partial charge in [-0.25, -0.2) is 5.06 Å². The Morgan fingerprint density at radius 1 is 1.16 bits per heavy atom. The van der Waals surface area contributed by atoms with Crippen molar-refractivity contribution in [1.82, 2.24) is 10.4 Å². The lowest BCUT2D eigenvalue weighted by Crippen LogP contribution is -2.47. The first kappa shape index (κ1) is 25.7. The molecule has 1 N–H and O–H groups in total. The number of carbonyl (C=O) groups excluding carboxylic acids is 2. The second-order valence-electron chi connectivity index (χ2n) is 6.67. The van der Waals surface area contributed by atoms with Crippen molar-refractivity contribution in [2.45, 2.75) is 25.8 Å². The number of ether oxygens (including phenoxy) is 1. The normalized spacial score (nSPS) is 12.5. The molecule has 6 heteroatoms. The van der Waals surface area contributed by atoms with Crippen LogP contribution in [0.25, 0.3) is 5.57 Å². The molecule has 31 heavy (non-hydrogen) atoms. The van der Waals surface area contributed by atoms with Crippen LogP contribution in [0.5, 0.6) is 0 Å². The number of benzene rings is 1. The number of likely N-dealkylation sites (N-methyl/N-ethyl adjacent to an activating group) is 1. The van der Waals surface area contributed by atoms with Gasteiger partial charge in [0.1, 0.15) is 11.8 Å². The summed E-state index contributed by atoms with van der Waals surface area (Å²) in [6, 6.07) is 6.41. The van der Waals surface area contributed by atoms with Gasteiger partial charge in [-0.15, -0.1) is 13.2 Å². The number of nitrogens with one attached hydrogen (secondary N) is 1. The van der Waals surface area contributed by atoms with Crippen LogP contribution in [-0.2, 0) is 14.4 Å². The van der Waals surface area contributed by atoms with E-state index in [1.54, 1.807) is 36.4 Å².